The fourth-order valence-electron chi connectivity index (χ4n) is 1.48. The molecular formula is C12H14BrClO. The first kappa shape index (κ1) is 12.7. The van der Waals surface area contributed by atoms with Crippen molar-refractivity contribution in [2.24, 2.45) is 0 Å². The number of ketones is 1. The number of rotatable bonds is 4. The van der Waals surface area contributed by atoms with Crippen molar-refractivity contribution in [3.63, 3.8) is 0 Å². The van der Waals surface area contributed by atoms with Gasteiger partial charge in [-0.3, -0.25) is 4.79 Å². The van der Waals surface area contributed by atoms with Gasteiger partial charge in [-0.1, -0.05) is 35.0 Å². The molecular weight excluding hydrogens is 275 g/mol. The summed E-state index contributed by atoms with van der Waals surface area (Å²) in [5.41, 5.74) is 3.13. The molecule has 0 saturated carbocycles. The van der Waals surface area contributed by atoms with Crippen LogP contribution in [0, 0.1) is 0 Å². The number of carbonyl (C=O) groups excluding carboxylic acids is 1. The minimum Gasteiger partial charge on any atom is -0.293 e. The Hall–Kier alpha value is -0.340. The van der Waals surface area contributed by atoms with Crippen molar-refractivity contribution < 1.29 is 4.79 Å². The summed E-state index contributed by atoms with van der Waals surface area (Å²) in [6.07, 6.45) is 0.978. The summed E-state index contributed by atoms with van der Waals surface area (Å²) in [6, 6.07) is 5.78. The highest BCUT2D eigenvalue weighted by Crippen LogP contribution is 2.18. The van der Waals surface area contributed by atoms with E-state index in [1.165, 1.54) is 11.1 Å². The average molecular weight is 290 g/mol. The van der Waals surface area contributed by atoms with Crippen LogP contribution in [0.2, 0.25) is 0 Å². The summed E-state index contributed by atoms with van der Waals surface area (Å²) < 4.78 is 0. The van der Waals surface area contributed by atoms with Crippen LogP contribution in [-0.2, 0) is 11.8 Å². The number of alkyl halides is 2. The minimum atomic E-state index is -0.458. The van der Waals surface area contributed by atoms with Gasteiger partial charge in [0.15, 0.2) is 5.78 Å². The van der Waals surface area contributed by atoms with Crippen molar-refractivity contribution in [1.29, 1.82) is 0 Å². The summed E-state index contributed by atoms with van der Waals surface area (Å²) in [5.74, 6) is -0.0125. The smallest absolute Gasteiger partial charge is 0.180 e. The third kappa shape index (κ3) is 3.05. The van der Waals surface area contributed by atoms with Gasteiger partial charge in [0.2, 0.25) is 0 Å². The van der Waals surface area contributed by atoms with Gasteiger partial charge < -0.3 is 0 Å². The van der Waals surface area contributed by atoms with Gasteiger partial charge in [-0.2, -0.15) is 0 Å². The van der Waals surface area contributed by atoms with Gasteiger partial charge >= 0.3 is 0 Å². The Kier molecular flexibility index (Phi) is 4.81. The van der Waals surface area contributed by atoms with Crippen molar-refractivity contribution in [3.05, 3.63) is 34.9 Å². The standard InChI is InChI=1S/C12H14BrClO/c1-3-9-4-5-10(6-11(9)7-13)12(15)8(2)14/h4-6,8H,3,7H2,1-2H3. The Bertz CT molecular complexity index is 361. The van der Waals surface area contributed by atoms with Crippen LogP contribution in [0.25, 0.3) is 0 Å². The van der Waals surface area contributed by atoms with E-state index in [-0.39, 0.29) is 5.78 Å². The third-order valence-corrected chi connectivity index (χ3v) is 3.18. The number of carbonyl (C=O) groups is 1. The molecule has 0 amide bonds. The molecule has 0 aliphatic heterocycles. The molecule has 0 bridgehead atoms. The van der Waals surface area contributed by atoms with Gasteiger partial charge in [0.1, 0.15) is 0 Å². The van der Waals surface area contributed by atoms with E-state index in [0.717, 1.165) is 11.8 Å². The quantitative estimate of drug-likeness (QED) is 0.606. The van der Waals surface area contributed by atoms with Crippen molar-refractivity contribution >= 4 is 33.3 Å². The Morgan fingerprint density at radius 2 is 2.13 bits per heavy atom. The van der Waals surface area contributed by atoms with E-state index in [1.54, 1.807) is 6.92 Å². The second-order valence-electron chi connectivity index (χ2n) is 3.45. The Balaban J connectivity index is 3.08. The maximum atomic E-state index is 11.7. The van der Waals surface area contributed by atoms with E-state index in [4.69, 9.17) is 11.6 Å². The monoisotopic (exact) mass is 288 g/mol. The minimum absolute atomic E-state index is 0.0125. The van der Waals surface area contributed by atoms with Crippen LogP contribution in [0.3, 0.4) is 0 Å². The van der Waals surface area contributed by atoms with Crippen LogP contribution in [0.4, 0.5) is 0 Å². The molecule has 0 aliphatic rings. The van der Waals surface area contributed by atoms with E-state index in [9.17, 15) is 4.79 Å². The van der Waals surface area contributed by atoms with Gasteiger partial charge in [-0.15, -0.1) is 11.6 Å². The number of aryl methyl sites for hydroxylation is 1. The SMILES string of the molecule is CCc1ccc(C(=O)C(C)Cl)cc1CBr. The number of Topliss-reactive ketones (excluding diaryl/α,β-unsaturated/α-hetero) is 1. The Morgan fingerprint density at radius 3 is 2.60 bits per heavy atom. The zero-order chi connectivity index (χ0) is 11.4. The lowest BCUT2D eigenvalue weighted by atomic mass is 10.0. The van der Waals surface area contributed by atoms with E-state index in [0.29, 0.717) is 5.56 Å². The summed E-state index contributed by atoms with van der Waals surface area (Å²) >= 11 is 9.20. The zero-order valence-electron chi connectivity index (χ0n) is 8.89. The molecule has 0 radical (unpaired) electrons. The Morgan fingerprint density at radius 1 is 1.47 bits per heavy atom. The fraction of sp³-hybridized carbons (Fsp3) is 0.417. The lowest BCUT2D eigenvalue weighted by molar-refractivity contribution is 0.0991. The molecule has 0 fully saturated rings. The van der Waals surface area contributed by atoms with Crippen LogP contribution < -0.4 is 0 Å². The predicted octanol–water partition coefficient (Wildman–Crippen LogP) is 3.95. The first-order valence-electron chi connectivity index (χ1n) is 4.96. The lowest BCUT2D eigenvalue weighted by Gasteiger charge is -2.08. The number of benzene rings is 1. The number of halogens is 2. The first-order valence-corrected chi connectivity index (χ1v) is 6.52. The summed E-state index contributed by atoms with van der Waals surface area (Å²) in [6.45, 7) is 3.80. The normalized spacial score (nSPS) is 12.5. The van der Waals surface area contributed by atoms with E-state index in [1.807, 2.05) is 18.2 Å². The van der Waals surface area contributed by atoms with Gasteiger partial charge in [0.25, 0.3) is 0 Å². The van der Waals surface area contributed by atoms with Crippen molar-refractivity contribution in [2.45, 2.75) is 31.0 Å². The maximum Gasteiger partial charge on any atom is 0.180 e. The predicted molar refractivity (Wildman–Crippen MR) is 68.1 cm³/mol. The van der Waals surface area contributed by atoms with Gasteiger partial charge in [0.05, 0.1) is 5.38 Å². The molecule has 3 heteroatoms. The second-order valence-corrected chi connectivity index (χ2v) is 4.67. The highest BCUT2D eigenvalue weighted by molar-refractivity contribution is 9.08. The molecule has 1 aromatic rings. The van der Waals surface area contributed by atoms with Crippen LogP contribution in [-0.4, -0.2) is 11.2 Å². The van der Waals surface area contributed by atoms with E-state index in [2.05, 4.69) is 22.9 Å². The molecule has 1 aromatic carbocycles. The van der Waals surface area contributed by atoms with E-state index < -0.39 is 5.38 Å². The molecule has 0 spiro atoms. The lowest BCUT2D eigenvalue weighted by Crippen LogP contribution is -2.11. The molecule has 1 rings (SSSR count). The third-order valence-electron chi connectivity index (χ3n) is 2.38. The summed E-state index contributed by atoms with van der Waals surface area (Å²) in [4.78, 5) is 11.7. The van der Waals surface area contributed by atoms with Gasteiger partial charge in [0, 0.05) is 10.9 Å². The summed E-state index contributed by atoms with van der Waals surface area (Å²) in [5, 5.41) is 0.314. The average Bonchev–Trinajstić information content (AvgIpc) is 2.26. The molecule has 0 saturated heterocycles. The molecule has 0 N–H and O–H groups in total. The van der Waals surface area contributed by atoms with Crippen LogP contribution in [0.1, 0.15) is 35.3 Å². The van der Waals surface area contributed by atoms with E-state index >= 15 is 0 Å². The largest absolute Gasteiger partial charge is 0.293 e. The van der Waals surface area contributed by atoms with Gasteiger partial charge in [-0.25, -0.2) is 0 Å². The molecule has 1 nitrogen and oxygen atoms in total. The highest BCUT2D eigenvalue weighted by Gasteiger charge is 2.13. The summed E-state index contributed by atoms with van der Waals surface area (Å²) in [7, 11) is 0. The van der Waals surface area contributed by atoms with Crippen LogP contribution >= 0.6 is 27.5 Å². The molecule has 15 heavy (non-hydrogen) atoms. The molecule has 0 aliphatic carbocycles. The second kappa shape index (κ2) is 5.66. The number of hydrogen-bond acceptors (Lipinski definition) is 1. The van der Waals surface area contributed by atoms with Crippen LogP contribution in [0.15, 0.2) is 18.2 Å². The maximum absolute atomic E-state index is 11.7. The molecule has 0 heterocycles. The topological polar surface area (TPSA) is 17.1 Å². The van der Waals surface area contributed by atoms with Crippen LogP contribution in [0.5, 0.6) is 0 Å². The highest BCUT2D eigenvalue weighted by atomic mass is 79.9. The van der Waals surface area contributed by atoms with Gasteiger partial charge in [-0.05, 0) is 30.5 Å². The first-order chi connectivity index (χ1) is 7.10. The van der Waals surface area contributed by atoms with Crippen molar-refractivity contribution in [2.75, 3.05) is 0 Å². The molecule has 0 aromatic heterocycles. The number of hydrogen-bond donors (Lipinski definition) is 0. The fourth-order valence-corrected chi connectivity index (χ4v) is 2.13. The molecule has 82 valence electrons. The van der Waals surface area contributed by atoms with Crippen molar-refractivity contribution in [3.8, 4) is 0 Å². The zero-order valence-corrected chi connectivity index (χ0v) is 11.2. The molecule has 1 atom stereocenters. The van der Waals surface area contributed by atoms with Crippen molar-refractivity contribution in [1.82, 2.24) is 0 Å². The Labute approximate surface area is 104 Å². The molecule has 1 unspecified atom stereocenters.